The Labute approximate surface area is 142 Å². The molecule has 2 fully saturated rings. The standard InChI is InChI=1S/C18H24O6/c1-20-18(19)13-10-14(23-16-6-2-4-8-21-16)12-15(11-13)24-17-7-3-5-9-22-17/h10-12,16-17H,2-9H2,1H3/t16-,17-/m0/s1. The third-order valence-electron chi connectivity index (χ3n) is 4.11. The first-order valence-corrected chi connectivity index (χ1v) is 8.54. The Balaban J connectivity index is 1.75. The van der Waals surface area contributed by atoms with Crippen LogP contribution in [-0.2, 0) is 14.2 Å². The van der Waals surface area contributed by atoms with Crippen LogP contribution in [0, 0.1) is 0 Å². The fourth-order valence-electron chi connectivity index (χ4n) is 2.86. The normalized spacial score (nSPS) is 24.2. The molecule has 0 radical (unpaired) electrons. The Bertz CT molecular complexity index is 508. The summed E-state index contributed by atoms with van der Waals surface area (Å²) in [5.74, 6) is 0.644. The van der Waals surface area contributed by atoms with E-state index in [1.165, 1.54) is 7.11 Å². The van der Waals surface area contributed by atoms with E-state index in [2.05, 4.69) is 0 Å². The highest BCUT2D eigenvalue weighted by molar-refractivity contribution is 5.90. The Morgan fingerprint density at radius 2 is 1.46 bits per heavy atom. The lowest BCUT2D eigenvalue weighted by Gasteiger charge is -2.25. The van der Waals surface area contributed by atoms with Gasteiger partial charge in [0.1, 0.15) is 11.5 Å². The highest BCUT2D eigenvalue weighted by atomic mass is 16.7. The van der Waals surface area contributed by atoms with Gasteiger partial charge >= 0.3 is 5.97 Å². The monoisotopic (exact) mass is 336 g/mol. The third kappa shape index (κ3) is 4.61. The van der Waals surface area contributed by atoms with Crippen molar-refractivity contribution >= 4 is 5.97 Å². The van der Waals surface area contributed by atoms with Crippen LogP contribution in [-0.4, -0.2) is 38.9 Å². The van der Waals surface area contributed by atoms with Crippen molar-refractivity contribution in [2.24, 2.45) is 0 Å². The van der Waals surface area contributed by atoms with Gasteiger partial charge in [0.2, 0.25) is 0 Å². The first-order chi connectivity index (χ1) is 11.7. The molecule has 3 rings (SSSR count). The van der Waals surface area contributed by atoms with Crippen LogP contribution < -0.4 is 9.47 Å². The molecule has 0 spiro atoms. The second kappa shape index (κ2) is 8.35. The molecular weight excluding hydrogens is 312 g/mol. The zero-order chi connectivity index (χ0) is 16.8. The summed E-state index contributed by atoms with van der Waals surface area (Å²) in [6.07, 6.45) is 5.34. The average molecular weight is 336 g/mol. The van der Waals surface area contributed by atoms with E-state index >= 15 is 0 Å². The summed E-state index contributed by atoms with van der Waals surface area (Å²) in [5, 5.41) is 0. The third-order valence-corrected chi connectivity index (χ3v) is 4.11. The van der Waals surface area contributed by atoms with Crippen LogP contribution in [0.4, 0.5) is 0 Å². The van der Waals surface area contributed by atoms with Gasteiger partial charge < -0.3 is 23.7 Å². The number of hydrogen-bond acceptors (Lipinski definition) is 6. The molecule has 2 heterocycles. The van der Waals surface area contributed by atoms with Crippen LogP contribution in [0.2, 0.25) is 0 Å². The van der Waals surface area contributed by atoms with E-state index in [1.54, 1.807) is 18.2 Å². The van der Waals surface area contributed by atoms with Crippen LogP contribution in [0.3, 0.4) is 0 Å². The van der Waals surface area contributed by atoms with Crippen LogP contribution in [0.1, 0.15) is 48.9 Å². The molecule has 1 aromatic rings. The SMILES string of the molecule is COC(=O)c1cc(O[C@H]2CCCCO2)cc(O[C@H]2CCCCO2)c1. The van der Waals surface area contributed by atoms with Crippen LogP contribution in [0.15, 0.2) is 18.2 Å². The molecule has 0 aromatic heterocycles. The van der Waals surface area contributed by atoms with E-state index in [9.17, 15) is 4.79 Å². The lowest BCUT2D eigenvalue weighted by molar-refractivity contribution is -0.109. The number of ether oxygens (including phenoxy) is 5. The van der Waals surface area contributed by atoms with E-state index in [1.807, 2.05) is 0 Å². The first-order valence-electron chi connectivity index (χ1n) is 8.54. The number of methoxy groups -OCH3 is 1. The van der Waals surface area contributed by atoms with Crippen LogP contribution in [0.5, 0.6) is 11.5 Å². The Morgan fingerprint density at radius 1 is 0.917 bits per heavy atom. The van der Waals surface area contributed by atoms with Crippen molar-refractivity contribution < 1.29 is 28.5 Å². The Hall–Kier alpha value is -1.79. The number of carbonyl (C=O) groups is 1. The summed E-state index contributed by atoms with van der Waals surface area (Å²) in [4.78, 5) is 11.9. The van der Waals surface area contributed by atoms with Gasteiger partial charge in [-0.2, -0.15) is 0 Å². The Morgan fingerprint density at radius 3 is 1.88 bits per heavy atom. The van der Waals surface area contributed by atoms with Crippen LogP contribution >= 0.6 is 0 Å². The van der Waals surface area contributed by atoms with E-state index in [0.29, 0.717) is 30.3 Å². The highest BCUT2D eigenvalue weighted by Gasteiger charge is 2.20. The van der Waals surface area contributed by atoms with Crippen molar-refractivity contribution in [1.29, 1.82) is 0 Å². The highest BCUT2D eigenvalue weighted by Crippen LogP contribution is 2.28. The maximum absolute atomic E-state index is 11.9. The largest absolute Gasteiger partial charge is 0.465 e. The number of hydrogen-bond donors (Lipinski definition) is 0. The fourth-order valence-corrected chi connectivity index (χ4v) is 2.86. The molecule has 2 saturated heterocycles. The molecule has 0 N–H and O–H groups in total. The molecule has 132 valence electrons. The molecule has 0 amide bonds. The Kier molecular flexibility index (Phi) is 5.93. The predicted molar refractivity (Wildman–Crippen MR) is 86.2 cm³/mol. The maximum atomic E-state index is 11.9. The molecule has 0 bridgehead atoms. The van der Waals surface area contributed by atoms with Gasteiger partial charge in [0.25, 0.3) is 0 Å². The molecule has 1 aromatic carbocycles. The summed E-state index contributed by atoms with van der Waals surface area (Å²) in [5.41, 5.74) is 0.386. The van der Waals surface area contributed by atoms with E-state index in [4.69, 9.17) is 23.7 Å². The first kappa shape index (κ1) is 17.0. The molecular formula is C18H24O6. The lowest BCUT2D eigenvalue weighted by atomic mass is 10.2. The van der Waals surface area contributed by atoms with Gasteiger partial charge in [-0.3, -0.25) is 0 Å². The van der Waals surface area contributed by atoms with E-state index in [0.717, 1.165) is 38.5 Å². The summed E-state index contributed by atoms with van der Waals surface area (Å²) >= 11 is 0. The van der Waals surface area contributed by atoms with Gasteiger partial charge in [-0.15, -0.1) is 0 Å². The van der Waals surface area contributed by atoms with Crippen molar-refractivity contribution in [2.75, 3.05) is 20.3 Å². The predicted octanol–water partition coefficient (Wildman–Crippen LogP) is 3.28. The van der Waals surface area contributed by atoms with Gasteiger partial charge in [0.15, 0.2) is 12.6 Å². The lowest BCUT2D eigenvalue weighted by Crippen LogP contribution is -2.26. The molecule has 0 unspecified atom stereocenters. The van der Waals surface area contributed by atoms with Gasteiger partial charge in [0, 0.05) is 18.9 Å². The zero-order valence-corrected chi connectivity index (χ0v) is 14.0. The summed E-state index contributed by atoms with van der Waals surface area (Å²) in [6.45, 7) is 1.39. The van der Waals surface area contributed by atoms with Gasteiger partial charge in [-0.1, -0.05) is 0 Å². The molecule has 0 saturated carbocycles. The van der Waals surface area contributed by atoms with Crippen molar-refractivity contribution in [3.63, 3.8) is 0 Å². The summed E-state index contributed by atoms with van der Waals surface area (Å²) < 4.78 is 27.7. The summed E-state index contributed by atoms with van der Waals surface area (Å²) in [7, 11) is 1.35. The molecule has 2 atom stereocenters. The molecule has 6 heteroatoms. The zero-order valence-electron chi connectivity index (χ0n) is 14.0. The minimum atomic E-state index is -0.431. The maximum Gasteiger partial charge on any atom is 0.338 e. The molecule has 2 aliphatic heterocycles. The number of rotatable bonds is 5. The fraction of sp³-hybridized carbons (Fsp3) is 0.611. The van der Waals surface area contributed by atoms with Crippen molar-refractivity contribution in [3.8, 4) is 11.5 Å². The summed E-state index contributed by atoms with van der Waals surface area (Å²) in [6, 6.07) is 5.07. The van der Waals surface area contributed by atoms with Gasteiger partial charge in [0.05, 0.1) is 25.9 Å². The van der Waals surface area contributed by atoms with Crippen molar-refractivity contribution in [3.05, 3.63) is 23.8 Å². The quantitative estimate of drug-likeness (QED) is 0.769. The van der Waals surface area contributed by atoms with Gasteiger partial charge in [-0.05, 0) is 37.8 Å². The van der Waals surface area contributed by atoms with Gasteiger partial charge in [-0.25, -0.2) is 4.79 Å². The molecule has 6 nitrogen and oxygen atoms in total. The van der Waals surface area contributed by atoms with Crippen LogP contribution in [0.25, 0.3) is 0 Å². The number of esters is 1. The minimum absolute atomic E-state index is 0.287. The van der Waals surface area contributed by atoms with E-state index < -0.39 is 5.97 Å². The number of carbonyl (C=O) groups excluding carboxylic acids is 1. The second-order valence-corrected chi connectivity index (χ2v) is 6.01. The second-order valence-electron chi connectivity index (χ2n) is 6.01. The molecule has 2 aliphatic rings. The van der Waals surface area contributed by atoms with E-state index in [-0.39, 0.29) is 12.6 Å². The molecule has 0 aliphatic carbocycles. The van der Waals surface area contributed by atoms with Crippen molar-refractivity contribution in [2.45, 2.75) is 51.1 Å². The smallest absolute Gasteiger partial charge is 0.338 e. The average Bonchev–Trinajstić information content (AvgIpc) is 2.62. The minimum Gasteiger partial charge on any atom is -0.465 e. The molecule has 24 heavy (non-hydrogen) atoms. The topological polar surface area (TPSA) is 63.2 Å². The number of benzene rings is 1. The van der Waals surface area contributed by atoms with Crippen molar-refractivity contribution in [1.82, 2.24) is 0 Å².